The van der Waals surface area contributed by atoms with Crippen molar-refractivity contribution in [3.05, 3.63) is 22.5 Å². The third kappa shape index (κ3) is 1.72. The van der Waals surface area contributed by atoms with E-state index in [0.717, 1.165) is 17.0 Å². The van der Waals surface area contributed by atoms with Gasteiger partial charge in [-0.1, -0.05) is 0 Å². The van der Waals surface area contributed by atoms with Crippen molar-refractivity contribution in [3.63, 3.8) is 0 Å². The van der Waals surface area contributed by atoms with Crippen molar-refractivity contribution in [2.75, 3.05) is 20.3 Å². The molecule has 1 aliphatic rings. The fraction of sp³-hybridized carbons (Fsp3) is 0.545. The first kappa shape index (κ1) is 11.2. The molecular formula is C11H15NO4. The van der Waals surface area contributed by atoms with Crippen LogP contribution >= 0.6 is 0 Å². The van der Waals surface area contributed by atoms with E-state index in [2.05, 4.69) is 4.98 Å². The number of carbonyl (C=O) groups excluding carboxylic acids is 1. The molecule has 0 atom stereocenters. The highest BCUT2D eigenvalue weighted by Crippen LogP contribution is 2.31. The predicted molar refractivity (Wildman–Crippen MR) is 56.3 cm³/mol. The minimum atomic E-state index is -0.459. The number of methoxy groups -OCH3 is 1. The summed E-state index contributed by atoms with van der Waals surface area (Å²) in [7, 11) is 1.37. The quantitative estimate of drug-likeness (QED) is 0.774. The first-order valence-corrected chi connectivity index (χ1v) is 5.15. The van der Waals surface area contributed by atoms with E-state index in [9.17, 15) is 4.79 Å². The molecule has 5 heteroatoms. The van der Waals surface area contributed by atoms with Crippen LogP contribution in [0.4, 0.5) is 0 Å². The van der Waals surface area contributed by atoms with Gasteiger partial charge in [0, 0.05) is 17.0 Å². The summed E-state index contributed by atoms with van der Waals surface area (Å²) >= 11 is 0. The molecule has 1 fully saturated rings. The molecule has 0 spiro atoms. The number of rotatable bonds is 2. The molecule has 88 valence electrons. The number of aromatic amines is 1. The van der Waals surface area contributed by atoms with Gasteiger partial charge in [0.25, 0.3) is 0 Å². The van der Waals surface area contributed by atoms with E-state index in [4.69, 9.17) is 14.2 Å². The predicted octanol–water partition coefficient (Wildman–Crippen LogP) is 1.46. The number of aromatic nitrogens is 1. The zero-order valence-electron chi connectivity index (χ0n) is 9.62. The molecule has 0 aromatic carbocycles. The highest BCUT2D eigenvalue weighted by atomic mass is 16.7. The average Bonchev–Trinajstić information content (AvgIpc) is 2.84. The van der Waals surface area contributed by atoms with E-state index in [0.29, 0.717) is 18.8 Å². The van der Waals surface area contributed by atoms with Crippen molar-refractivity contribution in [1.82, 2.24) is 4.98 Å². The Hall–Kier alpha value is -1.33. The highest BCUT2D eigenvalue weighted by Gasteiger charge is 2.29. The van der Waals surface area contributed by atoms with Gasteiger partial charge in [-0.3, -0.25) is 0 Å². The molecule has 1 N–H and O–H groups in total. The lowest BCUT2D eigenvalue weighted by Gasteiger charge is -2.11. The molecule has 0 amide bonds. The Morgan fingerprint density at radius 2 is 1.94 bits per heavy atom. The van der Waals surface area contributed by atoms with Gasteiger partial charge < -0.3 is 19.2 Å². The molecule has 5 nitrogen and oxygen atoms in total. The molecule has 1 aromatic heterocycles. The molecule has 2 rings (SSSR count). The second kappa shape index (κ2) is 4.27. The summed E-state index contributed by atoms with van der Waals surface area (Å²) in [6.45, 7) is 4.82. The maximum Gasteiger partial charge on any atom is 0.340 e. The second-order valence-corrected chi connectivity index (χ2v) is 3.73. The van der Waals surface area contributed by atoms with Gasteiger partial charge in [0.05, 0.1) is 25.9 Å². The van der Waals surface area contributed by atoms with Gasteiger partial charge in [-0.25, -0.2) is 4.79 Å². The number of ether oxygens (including phenoxy) is 3. The summed E-state index contributed by atoms with van der Waals surface area (Å²) in [5.74, 6) is -0.365. The molecule has 16 heavy (non-hydrogen) atoms. The van der Waals surface area contributed by atoms with E-state index in [1.807, 2.05) is 13.8 Å². The van der Waals surface area contributed by atoms with Gasteiger partial charge in [0.2, 0.25) is 0 Å². The Balaban J connectivity index is 2.45. The third-order valence-corrected chi connectivity index (χ3v) is 2.67. The second-order valence-electron chi connectivity index (χ2n) is 3.73. The molecule has 0 saturated carbocycles. The summed E-state index contributed by atoms with van der Waals surface area (Å²) in [6.07, 6.45) is -0.459. The van der Waals surface area contributed by atoms with Crippen molar-refractivity contribution in [3.8, 4) is 0 Å². The van der Waals surface area contributed by atoms with Crippen LogP contribution in [0.15, 0.2) is 0 Å². The standard InChI is InChI=1S/C11H15NO4/c1-6-8(10(13)14-3)9(7(2)12-6)11-15-4-5-16-11/h11-12H,4-5H2,1-3H3. The number of H-pyrrole nitrogens is 1. The zero-order valence-corrected chi connectivity index (χ0v) is 9.62. The van der Waals surface area contributed by atoms with E-state index < -0.39 is 6.29 Å². The molecule has 2 heterocycles. The molecule has 0 unspecified atom stereocenters. The zero-order chi connectivity index (χ0) is 11.7. The van der Waals surface area contributed by atoms with Gasteiger partial charge >= 0.3 is 5.97 Å². The smallest absolute Gasteiger partial charge is 0.340 e. The largest absolute Gasteiger partial charge is 0.465 e. The number of carbonyl (C=O) groups is 1. The van der Waals surface area contributed by atoms with Crippen molar-refractivity contribution in [1.29, 1.82) is 0 Å². The van der Waals surface area contributed by atoms with Gasteiger partial charge in [-0.05, 0) is 13.8 Å². The van der Waals surface area contributed by atoms with E-state index in [1.54, 1.807) is 0 Å². The number of hydrogen-bond acceptors (Lipinski definition) is 4. The van der Waals surface area contributed by atoms with Gasteiger partial charge in [-0.15, -0.1) is 0 Å². The third-order valence-electron chi connectivity index (χ3n) is 2.67. The normalized spacial score (nSPS) is 16.7. The number of aryl methyl sites for hydroxylation is 2. The topological polar surface area (TPSA) is 60.6 Å². The van der Waals surface area contributed by atoms with E-state index >= 15 is 0 Å². The fourth-order valence-electron chi connectivity index (χ4n) is 1.99. The Morgan fingerprint density at radius 3 is 2.50 bits per heavy atom. The number of hydrogen-bond donors (Lipinski definition) is 1. The number of esters is 1. The van der Waals surface area contributed by atoms with Crippen LogP contribution < -0.4 is 0 Å². The van der Waals surface area contributed by atoms with Crippen LogP contribution in [0.1, 0.15) is 33.6 Å². The molecule has 1 aliphatic heterocycles. The van der Waals surface area contributed by atoms with Crippen LogP contribution in [0, 0.1) is 13.8 Å². The van der Waals surface area contributed by atoms with Gasteiger partial charge in [0.15, 0.2) is 6.29 Å². The van der Waals surface area contributed by atoms with Gasteiger partial charge in [-0.2, -0.15) is 0 Å². The summed E-state index contributed by atoms with van der Waals surface area (Å²) in [4.78, 5) is 14.8. The van der Waals surface area contributed by atoms with Crippen LogP contribution in [-0.2, 0) is 14.2 Å². The number of nitrogens with one attached hydrogen (secondary N) is 1. The van der Waals surface area contributed by atoms with Crippen LogP contribution in [0.25, 0.3) is 0 Å². The van der Waals surface area contributed by atoms with Crippen molar-refractivity contribution < 1.29 is 19.0 Å². The Labute approximate surface area is 93.7 Å². The molecule has 0 aliphatic carbocycles. The summed E-state index contributed by atoms with van der Waals surface area (Å²) in [6, 6.07) is 0. The SMILES string of the molecule is COC(=O)c1c(C)[nH]c(C)c1C1OCCO1. The lowest BCUT2D eigenvalue weighted by Crippen LogP contribution is -2.09. The van der Waals surface area contributed by atoms with Crippen molar-refractivity contribution >= 4 is 5.97 Å². The summed E-state index contributed by atoms with van der Waals surface area (Å²) in [5.41, 5.74) is 2.93. The van der Waals surface area contributed by atoms with E-state index in [1.165, 1.54) is 7.11 Å². The first-order chi connectivity index (χ1) is 7.65. The molecule has 0 bridgehead atoms. The average molecular weight is 225 g/mol. The van der Waals surface area contributed by atoms with Crippen LogP contribution in [0.5, 0.6) is 0 Å². The van der Waals surface area contributed by atoms with Gasteiger partial charge in [0.1, 0.15) is 0 Å². The molecule has 1 saturated heterocycles. The molecule has 1 aromatic rings. The highest BCUT2D eigenvalue weighted by molar-refractivity contribution is 5.93. The maximum absolute atomic E-state index is 11.7. The van der Waals surface area contributed by atoms with E-state index in [-0.39, 0.29) is 5.97 Å². The lowest BCUT2D eigenvalue weighted by atomic mass is 10.1. The lowest BCUT2D eigenvalue weighted by molar-refractivity contribution is -0.0452. The Morgan fingerprint density at radius 1 is 1.31 bits per heavy atom. The summed E-state index contributed by atoms with van der Waals surface area (Å²) < 4.78 is 15.6. The maximum atomic E-state index is 11.7. The summed E-state index contributed by atoms with van der Waals surface area (Å²) in [5, 5.41) is 0. The minimum absolute atomic E-state index is 0.365. The first-order valence-electron chi connectivity index (χ1n) is 5.15. The van der Waals surface area contributed by atoms with Crippen molar-refractivity contribution in [2.45, 2.75) is 20.1 Å². The van der Waals surface area contributed by atoms with Crippen molar-refractivity contribution in [2.24, 2.45) is 0 Å². The minimum Gasteiger partial charge on any atom is -0.465 e. The van der Waals surface area contributed by atoms with Crippen LogP contribution in [0.2, 0.25) is 0 Å². The molecular weight excluding hydrogens is 210 g/mol. The Kier molecular flexibility index (Phi) is 2.98. The monoisotopic (exact) mass is 225 g/mol. The molecule has 0 radical (unpaired) electrons. The van der Waals surface area contributed by atoms with Crippen LogP contribution in [0.3, 0.4) is 0 Å². The van der Waals surface area contributed by atoms with Crippen LogP contribution in [-0.4, -0.2) is 31.3 Å². The Bertz CT molecular complexity index is 404. The fourth-order valence-corrected chi connectivity index (χ4v) is 1.99.